The highest BCUT2D eigenvalue weighted by atomic mass is 19.1. The molecule has 1 fully saturated rings. The summed E-state index contributed by atoms with van der Waals surface area (Å²) in [6, 6.07) is 3.31. The van der Waals surface area contributed by atoms with Gasteiger partial charge in [-0.25, -0.2) is 4.39 Å². The van der Waals surface area contributed by atoms with Crippen molar-refractivity contribution in [3.8, 4) is 0 Å². The van der Waals surface area contributed by atoms with E-state index in [9.17, 15) is 9.18 Å². The maximum absolute atomic E-state index is 12.8. The predicted octanol–water partition coefficient (Wildman–Crippen LogP) is 1.68. The molecule has 2 unspecified atom stereocenters. The number of carbonyl (C=O) groups excluding carboxylic acids is 1. The fourth-order valence-electron chi connectivity index (χ4n) is 2.64. The summed E-state index contributed by atoms with van der Waals surface area (Å²) in [7, 11) is 4.18. The molecule has 0 saturated carbocycles. The van der Waals surface area contributed by atoms with Gasteiger partial charge in [0.1, 0.15) is 11.5 Å². The Morgan fingerprint density at radius 1 is 1.55 bits per heavy atom. The number of hydrogen-bond acceptors (Lipinski definition) is 4. The molecule has 1 aliphatic heterocycles. The molecule has 2 rings (SSSR count). The normalized spacial score (nSPS) is 21.4. The van der Waals surface area contributed by atoms with Gasteiger partial charge in [-0.15, -0.1) is 0 Å². The third kappa shape index (κ3) is 3.61. The summed E-state index contributed by atoms with van der Waals surface area (Å²) in [5.41, 5.74) is 0.349. The van der Waals surface area contributed by atoms with E-state index in [4.69, 9.17) is 0 Å². The smallest absolute Gasteiger partial charge is 0.185 e. The lowest BCUT2D eigenvalue weighted by Gasteiger charge is -2.22. The second kappa shape index (κ2) is 6.41. The van der Waals surface area contributed by atoms with Crippen LogP contribution in [0.15, 0.2) is 18.3 Å². The average Bonchev–Trinajstić information content (AvgIpc) is 2.87. The van der Waals surface area contributed by atoms with Crippen molar-refractivity contribution in [3.05, 3.63) is 29.8 Å². The highest BCUT2D eigenvalue weighted by molar-refractivity contribution is 5.95. The molecule has 0 spiro atoms. The summed E-state index contributed by atoms with van der Waals surface area (Å²) in [4.78, 5) is 20.6. The summed E-state index contributed by atoms with van der Waals surface area (Å²) in [6.07, 6.45) is 2.24. The zero-order chi connectivity index (χ0) is 14.7. The van der Waals surface area contributed by atoms with E-state index in [-0.39, 0.29) is 11.7 Å². The maximum atomic E-state index is 12.8. The molecule has 1 aromatic heterocycles. The van der Waals surface area contributed by atoms with Crippen LogP contribution >= 0.6 is 0 Å². The van der Waals surface area contributed by atoms with E-state index in [1.807, 2.05) is 6.92 Å². The Hall–Kier alpha value is -1.33. The SMILES string of the molecule is CC(CN1CCC(N(C)C)C1)C(=O)c1ccc(F)cn1. The molecule has 5 heteroatoms. The van der Waals surface area contributed by atoms with Crippen LogP contribution < -0.4 is 0 Å². The van der Waals surface area contributed by atoms with Gasteiger partial charge < -0.3 is 9.80 Å². The van der Waals surface area contributed by atoms with Crippen LogP contribution in [0.5, 0.6) is 0 Å². The highest BCUT2D eigenvalue weighted by Crippen LogP contribution is 2.16. The number of likely N-dealkylation sites (tertiary alicyclic amines) is 1. The van der Waals surface area contributed by atoms with Crippen LogP contribution in [0.2, 0.25) is 0 Å². The zero-order valence-corrected chi connectivity index (χ0v) is 12.3. The van der Waals surface area contributed by atoms with Gasteiger partial charge in [0.25, 0.3) is 0 Å². The van der Waals surface area contributed by atoms with Gasteiger partial charge >= 0.3 is 0 Å². The molecule has 1 aromatic rings. The predicted molar refractivity (Wildman–Crippen MR) is 76.2 cm³/mol. The van der Waals surface area contributed by atoms with Gasteiger partial charge in [0, 0.05) is 25.0 Å². The fraction of sp³-hybridized carbons (Fsp3) is 0.600. The van der Waals surface area contributed by atoms with Crippen LogP contribution in [-0.2, 0) is 0 Å². The number of pyridine rings is 1. The largest absolute Gasteiger partial charge is 0.305 e. The van der Waals surface area contributed by atoms with Gasteiger partial charge in [-0.05, 0) is 39.2 Å². The van der Waals surface area contributed by atoms with Gasteiger partial charge in [-0.2, -0.15) is 0 Å². The molecule has 0 radical (unpaired) electrons. The Kier molecular flexibility index (Phi) is 4.83. The third-order valence-corrected chi connectivity index (χ3v) is 3.94. The number of ketones is 1. The first-order valence-corrected chi connectivity index (χ1v) is 7.02. The minimum atomic E-state index is -0.414. The number of likely N-dealkylation sites (N-methyl/N-ethyl adjacent to an activating group) is 1. The number of rotatable bonds is 5. The van der Waals surface area contributed by atoms with E-state index < -0.39 is 5.82 Å². The molecule has 20 heavy (non-hydrogen) atoms. The molecule has 4 nitrogen and oxygen atoms in total. The van der Waals surface area contributed by atoms with Gasteiger partial charge in [0.2, 0.25) is 0 Å². The molecule has 2 atom stereocenters. The Bertz CT molecular complexity index is 461. The van der Waals surface area contributed by atoms with Crippen LogP contribution in [-0.4, -0.2) is 60.3 Å². The van der Waals surface area contributed by atoms with Crippen LogP contribution in [0, 0.1) is 11.7 Å². The van der Waals surface area contributed by atoms with E-state index in [2.05, 4.69) is 28.9 Å². The maximum Gasteiger partial charge on any atom is 0.185 e. The van der Waals surface area contributed by atoms with Gasteiger partial charge in [0.15, 0.2) is 5.78 Å². The standard InChI is InChI=1S/C15H22FN3O/c1-11(9-19-7-6-13(10-19)18(2)3)15(20)14-5-4-12(16)8-17-14/h4-5,8,11,13H,6-7,9-10H2,1-3H3. The summed E-state index contributed by atoms with van der Waals surface area (Å²) in [6.45, 7) is 4.68. The first-order chi connectivity index (χ1) is 9.47. The summed E-state index contributed by atoms with van der Waals surface area (Å²) in [5, 5.41) is 0. The molecule has 2 heterocycles. The Morgan fingerprint density at radius 3 is 2.85 bits per heavy atom. The Labute approximate surface area is 119 Å². The molecule has 0 bridgehead atoms. The molecule has 0 amide bonds. The third-order valence-electron chi connectivity index (χ3n) is 3.94. The number of carbonyl (C=O) groups is 1. The van der Waals surface area contributed by atoms with E-state index in [1.54, 1.807) is 0 Å². The number of aromatic nitrogens is 1. The molecule has 1 aliphatic rings. The number of nitrogens with zero attached hydrogens (tertiary/aromatic N) is 3. The van der Waals surface area contributed by atoms with Crippen molar-refractivity contribution in [1.82, 2.24) is 14.8 Å². The molecular weight excluding hydrogens is 257 g/mol. The number of hydrogen-bond donors (Lipinski definition) is 0. The average molecular weight is 279 g/mol. The lowest BCUT2D eigenvalue weighted by molar-refractivity contribution is 0.0895. The highest BCUT2D eigenvalue weighted by Gasteiger charge is 2.27. The van der Waals surface area contributed by atoms with Gasteiger partial charge in [-0.1, -0.05) is 6.92 Å². The van der Waals surface area contributed by atoms with Crippen molar-refractivity contribution in [2.24, 2.45) is 5.92 Å². The van der Waals surface area contributed by atoms with Crippen LogP contribution in [0.1, 0.15) is 23.8 Å². The quantitative estimate of drug-likeness (QED) is 0.768. The van der Waals surface area contributed by atoms with Crippen molar-refractivity contribution in [2.75, 3.05) is 33.7 Å². The second-order valence-corrected chi connectivity index (χ2v) is 5.79. The topological polar surface area (TPSA) is 36.4 Å². The number of Topliss-reactive ketones (excluding diaryl/α,β-unsaturated/α-hetero) is 1. The number of halogens is 1. The first-order valence-electron chi connectivity index (χ1n) is 7.02. The van der Waals surface area contributed by atoms with E-state index in [0.717, 1.165) is 32.3 Å². The summed E-state index contributed by atoms with van der Waals surface area (Å²) < 4.78 is 12.8. The summed E-state index contributed by atoms with van der Waals surface area (Å²) >= 11 is 0. The van der Waals surface area contributed by atoms with Crippen LogP contribution in [0.4, 0.5) is 4.39 Å². The second-order valence-electron chi connectivity index (χ2n) is 5.79. The first kappa shape index (κ1) is 15.1. The minimum absolute atomic E-state index is 0.0155. The van der Waals surface area contributed by atoms with E-state index >= 15 is 0 Å². The van der Waals surface area contributed by atoms with E-state index in [0.29, 0.717) is 11.7 Å². The van der Waals surface area contributed by atoms with Crippen LogP contribution in [0.3, 0.4) is 0 Å². The lowest BCUT2D eigenvalue weighted by atomic mass is 10.0. The molecule has 0 N–H and O–H groups in total. The minimum Gasteiger partial charge on any atom is -0.305 e. The van der Waals surface area contributed by atoms with Crippen LogP contribution in [0.25, 0.3) is 0 Å². The van der Waals surface area contributed by atoms with Crippen molar-refractivity contribution < 1.29 is 9.18 Å². The van der Waals surface area contributed by atoms with Gasteiger partial charge in [0.05, 0.1) is 6.20 Å². The molecule has 110 valence electrons. The van der Waals surface area contributed by atoms with Crippen molar-refractivity contribution in [3.63, 3.8) is 0 Å². The van der Waals surface area contributed by atoms with Crippen molar-refractivity contribution >= 4 is 5.78 Å². The molecule has 0 aliphatic carbocycles. The lowest BCUT2D eigenvalue weighted by Crippen LogP contribution is -2.34. The monoisotopic (exact) mass is 279 g/mol. The molecule has 0 aromatic carbocycles. The fourth-order valence-corrected chi connectivity index (χ4v) is 2.64. The van der Waals surface area contributed by atoms with E-state index in [1.165, 1.54) is 12.1 Å². The van der Waals surface area contributed by atoms with Gasteiger partial charge in [-0.3, -0.25) is 9.78 Å². The zero-order valence-electron chi connectivity index (χ0n) is 12.3. The van der Waals surface area contributed by atoms with Crippen molar-refractivity contribution in [2.45, 2.75) is 19.4 Å². The Balaban J connectivity index is 1.90. The summed E-state index contributed by atoms with van der Waals surface area (Å²) in [5.74, 6) is -0.547. The molecule has 1 saturated heterocycles. The van der Waals surface area contributed by atoms with Crippen molar-refractivity contribution in [1.29, 1.82) is 0 Å². The Morgan fingerprint density at radius 2 is 2.30 bits per heavy atom. The molecular formula is C15H22FN3O.